The van der Waals surface area contributed by atoms with E-state index in [-0.39, 0.29) is 6.10 Å². The van der Waals surface area contributed by atoms with Gasteiger partial charge in [-0.15, -0.1) is 11.3 Å². The van der Waals surface area contributed by atoms with Crippen molar-refractivity contribution in [1.29, 1.82) is 0 Å². The molecule has 88 valence electrons. The first kappa shape index (κ1) is 10.7. The molecule has 0 bridgehead atoms. The van der Waals surface area contributed by atoms with Crippen LogP contribution in [0.2, 0.25) is 0 Å². The fourth-order valence-corrected chi connectivity index (χ4v) is 3.60. The minimum atomic E-state index is -0.133. The number of thiophene rings is 1. The molecule has 0 radical (unpaired) electrons. The maximum absolute atomic E-state index is 9.47. The maximum Gasteiger partial charge on any atom is 0.0680 e. The van der Waals surface area contributed by atoms with Crippen LogP contribution in [0, 0.1) is 0 Å². The second kappa shape index (κ2) is 4.45. The smallest absolute Gasteiger partial charge is 0.0680 e. The summed E-state index contributed by atoms with van der Waals surface area (Å²) in [5, 5.41) is 15.1. The number of hydrogen-bond donors (Lipinski definition) is 2. The Kier molecular flexibility index (Phi) is 2.98. The summed E-state index contributed by atoms with van der Waals surface area (Å²) in [4.78, 5) is 4.07. The summed E-state index contributed by atoms with van der Waals surface area (Å²) in [7, 11) is 0. The van der Waals surface area contributed by atoms with Crippen molar-refractivity contribution in [3.63, 3.8) is 0 Å². The molecular weight excluding hydrogens is 220 g/mol. The Morgan fingerprint density at radius 3 is 3.31 bits per heavy atom. The van der Waals surface area contributed by atoms with Crippen LogP contribution < -0.4 is 5.32 Å². The Morgan fingerprint density at radius 2 is 2.50 bits per heavy atom. The molecule has 0 spiro atoms. The van der Waals surface area contributed by atoms with Gasteiger partial charge in [0, 0.05) is 37.1 Å². The zero-order chi connectivity index (χ0) is 11.0. The van der Waals surface area contributed by atoms with Gasteiger partial charge in [0.25, 0.3) is 0 Å². The summed E-state index contributed by atoms with van der Waals surface area (Å²) < 4.78 is 0. The fraction of sp³-hybridized carbons (Fsp3) is 0.667. The summed E-state index contributed by atoms with van der Waals surface area (Å²) in [6.07, 6.45) is 1.97. The van der Waals surface area contributed by atoms with Crippen LogP contribution >= 0.6 is 11.3 Å². The zero-order valence-electron chi connectivity index (χ0n) is 9.35. The van der Waals surface area contributed by atoms with E-state index in [1.165, 1.54) is 18.5 Å². The van der Waals surface area contributed by atoms with Gasteiger partial charge in [0.05, 0.1) is 6.10 Å². The molecule has 1 saturated heterocycles. The molecule has 2 N–H and O–H groups in total. The molecule has 1 aromatic rings. The molecule has 3 heterocycles. The van der Waals surface area contributed by atoms with E-state index >= 15 is 0 Å². The monoisotopic (exact) mass is 238 g/mol. The minimum absolute atomic E-state index is 0.133. The number of hydrogen-bond acceptors (Lipinski definition) is 4. The number of fused-ring (bicyclic) bond motifs is 1. The molecule has 0 aromatic carbocycles. The van der Waals surface area contributed by atoms with Crippen LogP contribution in [0.4, 0.5) is 0 Å². The molecule has 2 aliphatic heterocycles. The molecule has 2 atom stereocenters. The molecule has 16 heavy (non-hydrogen) atoms. The largest absolute Gasteiger partial charge is 0.392 e. The van der Waals surface area contributed by atoms with E-state index in [4.69, 9.17) is 0 Å². The predicted octanol–water partition coefficient (Wildman–Crippen LogP) is 0.829. The quantitative estimate of drug-likeness (QED) is 0.801. The summed E-state index contributed by atoms with van der Waals surface area (Å²) in [6, 6.07) is 2.73. The lowest BCUT2D eigenvalue weighted by atomic mass is 10.1. The number of nitrogens with one attached hydrogen (secondary N) is 1. The highest BCUT2D eigenvalue weighted by atomic mass is 32.1. The first-order valence-electron chi connectivity index (χ1n) is 6.00. The van der Waals surface area contributed by atoms with Crippen LogP contribution in [0.5, 0.6) is 0 Å². The third kappa shape index (κ3) is 2.15. The van der Waals surface area contributed by atoms with Gasteiger partial charge in [-0.05, 0) is 29.9 Å². The highest BCUT2D eigenvalue weighted by Crippen LogP contribution is 2.24. The highest BCUT2D eigenvalue weighted by Gasteiger charge is 2.25. The summed E-state index contributed by atoms with van der Waals surface area (Å²) in [5.41, 5.74) is 1.51. The molecule has 3 rings (SSSR count). The van der Waals surface area contributed by atoms with Gasteiger partial charge in [-0.1, -0.05) is 0 Å². The lowest BCUT2D eigenvalue weighted by Crippen LogP contribution is -2.39. The van der Waals surface area contributed by atoms with Gasteiger partial charge in [0.1, 0.15) is 0 Å². The third-order valence-corrected chi connectivity index (χ3v) is 4.59. The van der Waals surface area contributed by atoms with E-state index < -0.39 is 0 Å². The van der Waals surface area contributed by atoms with Crippen LogP contribution in [-0.4, -0.2) is 41.8 Å². The van der Waals surface area contributed by atoms with Crippen molar-refractivity contribution in [2.45, 2.75) is 31.5 Å². The number of nitrogens with zero attached hydrogens (tertiary/aromatic N) is 1. The van der Waals surface area contributed by atoms with Crippen LogP contribution in [0.15, 0.2) is 11.4 Å². The van der Waals surface area contributed by atoms with E-state index in [2.05, 4.69) is 21.7 Å². The second-order valence-corrected chi connectivity index (χ2v) is 5.85. The summed E-state index contributed by atoms with van der Waals surface area (Å²) >= 11 is 1.89. The average molecular weight is 238 g/mol. The van der Waals surface area contributed by atoms with Gasteiger partial charge in [0.15, 0.2) is 0 Å². The Bertz CT molecular complexity index is 366. The lowest BCUT2D eigenvalue weighted by Gasteiger charge is -2.29. The average Bonchev–Trinajstić information content (AvgIpc) is 2.87. The molecule has 2 aliphatic rings. The van der Waals surface area contributed by atoms with Gasteiger partial charge >= 0.3 is 0 Å². The van der Waals surface area contributed by atoms with Crippen LogP contribution in [0.3, 0.4) is 0 Å². The SMILES string of the molecule is OC1CNC(CN2CCc3sccc3C2)C1. The van der Waals surface area contributed by atoms with E-state index in [1.807, 2.05) is 11.3 Å². The number of rotatable bonds is 2. The molecule has 4 heteroatoms. The van der Waals surface area contributed by atoms with Crippen LogP contribution in [0.25, 0.3) is 0 Å². The molecule has 0 amide bonds. The first-order chi connectivity index (χ1) is 7.81. The van der Waals surface area contributed by atoms with Gasteiger partial charge < -0.3 is 10.4 Å². The van der Waals surface area contributed by atoms with Crippen molar-refractivity contribution >= 4 is 11.3 Å². The van der Waals surface area contributed by atoms with Crippen molar-refractivity contribution in [3.05, 3.63) is 21.9 Å². The predicted molar refractivity (Wildman–Crippen MR) is 65.7 cm³/mol. The summed E-state index contributed by atoms with van der Waals surface area (Å²) in [5.74, 6) is 0. The Balaban J connectivity index is 1.58. The molecule has 3 nitrogen and oxygen atoms in total. The standard InChI is InChI=1S/C12H18N2OS/c15-11-5-10(13-6-11)8-14-3-1-12-9(7-14)2-4-16-12/h2,4,10-11,13,15H,1,3,5-8H2. The number of aliphatic hydroxyl groups excluding tert-OH is 1. The van der Waals surface area contributed by atoms with Gasteiger partial charge in [-0.2, -0.15) is 0 Å². The maximum atomic E-state index is 9.47. The lowest BCUT2D eigenvalue weighted by molar-refractivity contribution is 0.184. The zero-order valence-corrected chi connectivity index (χ0v) is 10.2. The number of β-amino-alcohol motifs (C(OH)–C–C–N with tert-alkyl or cyclic N) is 1. The topological polar surface area (TPSA) is 35.5 Å². The van der Waals surface area contributed by atoms with Crippen molar-refractivity contribution in [1.82, 2.24) is 10.2 Å². The Hall–Kier alpha value is -0.420. The van der Waals surface area contributed by atoms with E-state index in [1.54, 1.807) is 4.88 Å². The van der Waals surface area contributed by atoms with Crippen LogP contribution in [0.1, 0.15) is 16.9 Å². The Morgan fingerprint density at radius 1 is 1.56 bits per heavy atom. The van der Waals surface area contributed by atoms with Crippen molar-refractivity contribution in [3.8, 4) is 0 Å². The van der Waals surface area contributed by atoms with Gasteiger partial charge in [-0.25, -0.2) is 0 Å². The van der Waals surface area contributed by atoms with Crippen LogP contribution in [-0.2, 0) is 13.0 Å². The van der Waals surface area contributed by atoms with Crippen molar-refractivity contribution < 1.29 is 5.11 Å². The van der Waals surface area contributed by atoms with Gasteiger partial charge in [0.2, 0.25) is 0 Å². The van der Waals surface area contributed by atoms with Crippen molar-refractivity contribution in [2.24, 2.45) is 0 Å². The fourth-order valence-electron chi connectivity index (χ4n) is 2.71. The van der Waals surface area contributed by atoms with E-state index in [9.17, 15) is 5.11 Å². The van der Waals surface area contributed by atoms with Crippen molar-refractivity contribution in [2.75, 3.05) is 19.6 Å². The molecule has 1 aromatic heterocycles. The molecular formula is C12H18N2OS. The minimum Gasteiger partial charge on any atom is -0.392 e. The molecule has 0 aliphatic carbocycles. The van der Waals surface area contributed by atoms with Gasteiger partial charge in [-0.3, -0.25) is 4.90 Å². The van der Waals surface area contributed by atoms with E-state index in [0.29, 0.717) is 6.04 Å². The number of aliphatic hydroxyl groups is 1. The van der Waals surface area contributed by atoms with E-state index in [0.717, 1.165) is 26.1 Å². The molecule has 0 saturated carbocycles. The Labute approximate surface area is 100 Å². The first-order valence-corrected chi connectivity index (χ1v) is 6.88. The molecule has 2 unspecified atom stereocenters. The second-order valence-electron chi connectivity index (χ2n) is 4.85. The summed E-state index contributed by atoms with van der Waals surface area (Å²) in [6.45, 7) is 4.10. The third-order valence-electron chi connectivity index (χ3n) is 3.56. The normalized spacial score (nSPS) is 30.6. The molecule has 1 fully saturated rings. The highest BCUT2D eigenvalue weighted by molar-refractivity contribution is 7.10.